The molecule has 22 heavy (non-hydrogen) atoms. The third-order valence-corrected chi connectivity index (χ3v) is 4.35. The monoisotopic (exact) mass is 304 g/mol. The molecule has 1 aromatic rings. The summed E-state index contributed by atoms with van der Waals surface area (Å²) in [5.74, 6) is 0. The number of benzene rings is 1. The molecule has 1 atom stereocenters. The van der Waals surface area contributed by atoms with E-state index in [0.717, 1.165) is 32.5 Å². The topological polar surface area (TPSA) is 50.4 Å². The van der Waals surface area contributed by atoms with Gasteiger partial charge in [0.1, 0.15) is 0 Å². The van der Waals surface area contributed by atoms with E-state index in [1.807, 2.05) is 6.07 Å². The number of hydrogen-bond acceptors (Lipinski definition) is 2. The van der Waals surface area contributed by atoms with E-state index in [1.165, 1.54) is 11.1 Å². The summed E-state index contributed by atoms with van der Waals surface area (Å²) in [4.78, 5) is 12.1. The van der Waals surface area contributed by atoms with E-state index in [2.05, 4.69) is 49.6 Å². The minimum atomic E-state index is -0.0880. The van der Waals surface area contributed by atoms with Gasteiger partial charge < -0.3 is 15.4 Å². The summed E-state index contributed by atoms with van der Waals surface area (Å²) in [5, 5.41) is 6.09. The van der Waals surface area contributed by atoms with E-state index in [1.54, 1.807) is 0 Å². The molecule has 1 aliphatic heterocycles. The van der Waals surface area contributed by atoms with Crippen molar-refractivity contribution < 1.29 is 9.53 Å². The minimum Gasteiger partial charge on any atom is -0.381 e. The molecule has 1 aromatic carbocycles. The van der Waals surface area contributed by atoms with Crippen molar-refractivity contribution in [3.8, 4) is 0 Å². The van der Waals surface area contributed by atoms with Crippen molar-refractivity contribution in [2.75, 3.05) is 19.8 Å². The summed E-state index contributed by atoms with van der Waals surface area (Å²) in [5.41, 5.74) is 2.45. The lowest BCUT2D eigenvalue weighted by Crippen LogP contribution is -2.46. The van der Waals surface area contributed by atoms with Gasteiger partial charge in [0.25, 0.3) is 0 Å². The van der Waals surface area contributed by atoms with E-state index in [0.29, 0.717) is 6.54 Å². The number of carbonyl (C=O) groups is 1. The first-order valence-electron chi connectivity index (χ1n) is 8.17. The fraction of sp³-hybridized carbons (Fsp3) is 0.611. The first-order valence-corrected chi connectivity index (χ1v) is 8.17. The van der Waals surface area contributed by atoms with Gasteiger partial charge in [-0.2, -0.15) is 0 Å². The van der Waals surface area contributed by atoms with Gasteiger partial charge in [0.2, 0.25) is 0 Å². The number of ether oxygens (including phenoxy) is 1. The second kappa shape index (κ2) is 7.63. The summed E-state index contributed by atoms with van der Waals surface area (Å²) < 4.78 is 5.42. The zero-order valence-corrected chi connectivity index (χ0v) is 13.9. The maximum absolute atomic E-state index is 12.1. The summed E-state index contributed by atoms with van der Waals surface area (Å²) in [6.45, 7) is 8.60. The Labute approximate surface area is 133 Å². The van der Waals surface area contributed by atoms with E-state index >= 15 is 0 Å². The average molecular weight is 304 g/mol. The Bertz CT molecular complexity index is 492. The molecule has 1 aliphatic rings. The summed E-state index contributed by atoms with van der Waals surface area (Å²) in [6.07, 6.45) is 2.91. The van der Waals surface area contributed by atoms with Gasteiger partial charge in [-0.05, 0) is 37.3 Å². The standard InChI is InChI=1S/C18H28N2O2/c1-14-7-4-5-9-16(14)18(2,3)13-19-17(21)20-15-8-6-11-22-12-10-15/h4-5,7,9,15H,6,8,10-13H2,1-3H3,(H2,19,20,21). The molecular formula is C18H28N2O2. The predicted octanol–water partition coefficient (Wildman–Crippen LogP) is 3.14. The third-order valence-electron chi connectivity index (χ3n) is 4.35. The van der Waals surface area contributed by atoms with E-state index in [-0.39, 0.29) is 17.5 Å². The van der Waals surface area contributed by atoms with Crippen LogP contribution in [0.1, 0.15) is 44.2 Å². The fourth-order valence-electron chi connectivity index (χ4n) is 3.01. The van der Waals surface area contributed by atoms with Gasteiger partial charge in [-0.15, -0.1) is 0 Å². The molecule has 1 unspecified atom stereocenters. The Morgan fingerprint density at radius 1 is 1.27 bits per heavy atom. The molecule has 2 N–H and O–H groups in total. The normalized spacial score (nSPS) is 19.3. The highest BCUT2D eigenvalue weighted by molar-refractivity contribution is 5.74. The summed E-state index contributed by atoms with van der Waals surface area (Å²) in [7, 11) is 0. The third kappa shape index (κ3) is 4.73. The number of nitrogens with one attached hydrogen (secondary N) is 2. The van der Waals surface area contributed by atoms with Crippen LogP contribution >= 0.6 is 0 Å². The van der Waals surface area contributed by atoms with Gasteiger partial charge in [-0.1, -0.05) is 38.1 Å². The SMILES string of the molecule is Cc1ccccc1C(C)(C)CNC(=O)NC1CCCOCC1. The highest BCUT2D eigenvalue weighted by Gasteiger charge is 2.23. The Morgan fingerprint density at radius 3 is 2.82 bits per heavy atom. The second-order valence-corrected chi connectivity index (χ2v) is 6.77. The molecule has 0 bridgehead atoms. The highest BCUT2D eigenvalue weighted by Crippen LogP contribution is 2.25. The predicted molar refractivity (Wildman–Crippen MR) is 89.2 cm³/mol. The van der Waals surface area contributed by atoms with Crippen LogP contribution < -0.4 is 10.6 Å². The molecule has 1 saturated heterocycles. The quantitative estimate of drug-likeness (QED) is 0.898. The molecule has 0 radical (unpaired) electrons. The number of carbonyl (C=O) groups excluding carboxylic acids is 1. The lowest BCUT2D eigenvalue weighted by molar-refractivity contribution is 0.142. The molecule has 4 heteroatoms. The van der Waals surface area contributed by atoms with Crippen LogP contribution in [0.3, 0.4) is 0 Å². The number of aryl methyl sites for hydroxylation is 1. The lowest BCUT2D eigenvalue weighted by Gasteiger charge is -2.28. The maximum atomic E-state index is 12.1. The molecule has 122 valence electrons. The Morgan fingerprint density at radius 2 is 2.05 bits per heavy atom. The number of hydrogen-bond donors (Lipinski definition) is 2. The lowest BCUT2D eigenvalue weighted by atomic mass is 9.82. The first kappa shape index (κ1) is 16.8. The summed E-state index contributed by atoms with van der Waals surface area (Å²) in [6, 6.07) is 8.50. The van der Waals surface area contributed by atoms with E-state index in [9.17, 15) is 4.79 Å². The van der Waals surface area contributed by atoms with Crippen LogP contribution in [0, 0.1) is 6.92 Å². The molecule has 1 fully saturated rings. The van der Waals surface area contributed by atoms with Gasteiger partial charge in [0, 0.05) is 31.2 Å². The Balaban J connectivity index is 1.85. The first-order chi connectivity index (χ1) is 10.5. The molecular weight excluding hydrogens is 276 g/mol. The molecule has 0 saturated carbocycles. The largest absolute Gasteiger partial charge is 0.381 e. The van der Waals surface area contributed by atoms with Crippen LogP contribution in [0.2, 0.25) is 0 Å². The number of rotatable bonds is 4. The van der Waals surface area contributed by atoms with Crippen molar-refractivity contribution in [3.05, 3.63) is 35.4 Å². The average Bonchev–Trinajstić information content (AvgIpc) is 2.74. The number of urea groups is 1. The molecule has 2 amide bonds. The van der Waals surface area contributed by atoms with Crippen molar-refractivity contribution in [2.45, 2.75) is 51.5 Å². The van der Waals surface area contributed by atoms with Crippen LogP contribution in [-0.4, -0.2) is 31.8 Å². The van der Waals surface area contributed by atoms with Crippen molar-refractivity contribution >= 4 is 6.03 Å². The molecule has 0 aromatic heterocycles. The molecule has 0 spiro atoms. The van der Waals surface area contributed by atoms with Crippen molar-refractivity contribution in [1.29, 1.82) is 0 Å². The van der Waals surface area contributed by atoms with Crippen LogP contribution in [-0.2, 0) is 10.2 Å². The zero-order valence-electron chi connectivity index (χ0n) is 13.9. The van der Waals surface area contributed by atoms with Gasteiger partial charge >= 0.3 is 6.03 Å². The molecule has 4 nitrogen and oxygen atoms in total. The fourth-order valence-corrected chi connectivity index (χ4v) is 3.01. The maximum Gasteiger partial charge on any atom is 0.315 e. The minimum absolute atomic E-state index is 0.0754. The van der Waals surface area contributed by atoms with Crippen LogP contribution in [0.4, 0.5) is 4.79 Å². The smallest absolute Gasteiger partial charge is 0.315 e. The van der Waals surface area contributed by atoms with Crippen molar-refractivity contribution in [1.82, 2.24) is 10.6 Å². The van der Waals surface area contributed by atoms with Gasteiger partial charge in [0.15, 0.2) is 0 Å². The second-order valence-electron chi connectivity index (χ2n) is 6.77. The van der Waals surface area contributed by atoms with E-state index < -0.39 is 0 Å². The van der Waals surface area contributed by atoms with Gasteiger partial charge in [-0.25, -0.2) is 4.79 Å². The highest BCUT2D eigenvalue weighted by atomic mass is 16.5. The van der Waals surface area contributed by atoms with Crippen molar-refractivity contribution in [2.24, 2.45) is 0 Å². The number of amides is 2. The van der Waals surface area contributed by atoms with Crippen molar-refractivity contribution in [3.63, 3.8) is 0 Å². The van der Waals surface area contributed by atoms with Crippen LogP contribution in [0.25, 0.3) is 0 Å². The molecule has 1 heterocycles. The zero-order chi connectivity index (χ0) is 16.0. The van der Waals surface area contributed by atoms with Crippen LogP contribution in [0.5, 0.6) is 0 Å². The Kier molecular flexibility index (Phi) is 5.83. The van der Waals surface area contributed by atoms with Gasteiger partial charge in [0.05, 0.1) is 0 Å². The molecule has 2 rings (SSSR count). The van der Waals surface area contributed by atoms with E-state index in [4.69, 9.17) is 4.74 Å². The van der Waals surface area contributed by atoms with Gasteiger partial charge in [-0.3, -0.25) is 0 Å². The molecule has 0 aliphatic carbocycles. The Hall–Kier alpha value is -1.55. The van der Waals surface area contributed by atoms with Crippen LogP contribution in [0.15, 0.2) is 24.3 Å². The summed E-state index contributed by atoms with van der Waals surface area (Å²) >= 11 is 0.